The lowest BCUT2D eigenvalue weighted by Gasteiger charge is -2.24. The first-order valence-corrected chi connectivity index (χ1v) is 7.42. The van der Waals surface area contributed by atoms with Crippen molar-refractivity contribution >= 4 is 21.8 Å². The maximum absolute atomic E-state index is 11.4. The number of carbonyl (C=O) groups excluding carboxylic acids is 1. The molecule has 112 valence electrons. The molecule has 0 aromatic heterocycles. The Kier molecular flexibility index (Phi) is 5.76. The molecule has 0 fully saturated rings. The van der Waals surface area contributed by atoms with Gasteiger partial charge >= 0.3 is 12.0 Å². The first-order chi connectivity index (χ1) is 8.38. The lowest BCUT2D eigenvalue weighted by molar-refractivity contribution is -0.141. The van der Waals surface area contributed by atoms with Crippen LogP contribution in [0.4, 0.5) is 4.79 Å². The molecule has 19 heavy (non-hydrogen) atoms. The number of nitrogens with one attached hydrogen (secondary N) is 2. The standard InChI is InChI=1S/C10H20N2O6S/c1-6(13)7(8(14)15)12-9(16)11-5-10(2,3)19(4,17)18/h6-7,13H,5H2,1-4H3,(H,14,15)(H2,11,12,16)/t6-,7+/m1/s1. The fraction of sp³-hybridized carbons (Fsp3) is 0.800. The highest BCUT2D eigenvalue weighted by atomic mass is 32.2. The highest BCUT2D eigenvalue weighted by Crippen LogP contribution is 2.13. The molecule has 0 saturated heterocycles. The lowest BCUT2D eigenvalue weighted by Crippen LogP contribution is -2.53. The molecule has 0 unspecified atom stereocenters. The van der Waals surface area contributed by atoms with Gasteiger partial charge in [0.1, 0.15) is 0 Å². The van der Waals surface area contributed by atoms with E-state index >= 15 is 0 Å². The van der Waals surface area contributed by atoms with Crippen molar-refractivity contribution in [3.8, 4) is 0 Å². The van der Waals surface area contributed by atoms with E-state index in [2.05, 4.69) is 5.32 Å². The fourth-order valence-electron chi connectivity index (χ4n) is 1.01. The second-order valence-corrected chi connectivity index (χ2v) is 7.56. The van der Waals surface area contributed by atoms with Crippen LogP contribution in [0.25, 0.3) is 0 Å². The predicted octanol–water partition coefficient (Wildman–Crippen LogP) is -1.06. The van der Waals surface area contributed by atoms with Crippen LogP contribution in [0.1, 0.15) is 20.8 Å². The molecule has 0 aromatic carbocycles. The summed E-state index contributed by atoms with van der Waals surface area (Å²) in [6.07, 6.45) is -0.228. The fourth-order valence-corrected chi connectivity index (χ4v) is 1.34. The van der Waals surface area contributed by atoms with Crippen LogP contribution in [0.3, 0.4) is 0 Å². The van der Waals surface area contributed by atoms with E-state index in [9.17, 15) is 18.0 Å². The molecule has 0 heterocycles. The average molecular weight is 296 g/mol. The quantitative estimate of drug-likeness (QED) is 0.494. The molecule has 9 heteroatoms. The third kappa shape index (κ3) is 5.43. The SMILES string of the molecule is C[C@@H](O)[C@H](NC(=O)NCC(C)(C)S(C)(=O)=O)C(=O)O. The smallest absolute Gasteiger partial charge is 0.328 e. The summed E-state index contributed by atoms with van der Waals surface area (Å²) in [6, 6.07) is -2.31. The van der Waals surface area contributed by atoms with Gasteiger partial charge in [0.15, 0.2) is 15.9 Å². The van der Waals surface area contributed by atoms with E-state index in [4.69, 9.17) is 10.2 Å². The van der Waals surface area contributed by atoms with Gasteiger partial charge in [0.25, 0.3) is 0 Å². The Morgan fingerprint density at radius 2 is 1.79 bits per heavy atom. The van der Waals surface area contributed by atoms with Crippen LogP contribution in [0.5, 0.6) is 0 Å². The minimum absolute atomic E-state index is 0.177. The van der Waals surface area contributed by atoms with Crippen LogP contribution < -0.4 is 10.6 Å². The summed E-state index contributed by atoms with van der Waals surface area (Å²) in [5, 5.41) is 22.2. The number of urea groups is 1. The van der Waals surface area contributed by atoms with Gasteiger partial charge in [-0.1, -0.05) is 0 Å². The van der Waals surface area contributed by atoms with Gasteiger partial charge in [-0.05, 0) is 20.8 Å². The van der Waals surface area contributed by atoms with E-state index in [0.717, 1.165) is 6.26 Å². The molecule has 0 spiro atoms. The van der Waals surface area contributed by atoms with E-state index in [-0.39, 0.29) is 6.54 Å². The number of rotatable bonds is 6. The number of carboxylic acid groups (broad SMARTS) is 1. The number of carbonyl (C=O) groups is 2. The van der Waals surface area contributed by atoms with Gasteiger partial charge < -0.3 is 20.8 Å². The highest BCUT2D eigenvalue weighted by molar-refractivity contribution is 7.92. The summed E-state index contributed by atoms with van der Waals surface area (Å²) in [4.78, 5) is 22.2. The first kappa shape index (κ1) is 17.6. The second-order valence-electron chi connectivity index (χ2n) is 4.92. The van der Waals surface area contributed by atoms with Gasteiger partial charge in [-0.3, -0.25) is 0 Å². The third-order valence-corrected chi connectivity index (χ3v) is 4.87. The molecule has 0 saturated carbocycles. The van der Waals surface area contributed by atoms with E-state index in [0.29, 0.717) is 0 Å². The van der Waals surface area contributed by atoms with Crippen LogP contribution >= 0.6 is 0 Å². The second kappa shape index (κ2) is 6.20. The molecule has 0 aliphatic carbocycles. The largest absolute Gasteiger partial charge is 0.480 e. The zero-order valence-electron chi connectivity index (χ0n) is 11.3. The van der Waals surface area contributed by atoms with Crippen molar-refractivity contribution in [2.24, 2.45) is 0 Å². The van der Waals surface area contributed by atoms with E-state index in [1.54, 1.807) is 0 Å². The molecule has 2 amide bonds. The molecule has 2 atom stereocenters. The molecule has 0 aliphatic rings. The number of sulfone groups is 1. The van der Waals surface area contributed by atoms with Crippen molar-refractivity contribution in [2.45, 2.75) is 37.7 Å². The van der Waals surface area contributed by atoms with Gasteiger partial charge in [0, 0.05) is 12.8 Å². The topological polar surface area (TPSA) is 133 Å². The molecular formula is C10H20N2O6S. The Labute approximate surface area is 112 Å². The number of hydrogen-bond donors (Lipinski definition) is 4. The zero-order valence-corrected chi connectivity index (χ0v) is 12.1. The van der Waals surface area contributed by atoms with Gasteiger partial charge in [0.2, 0.25) is 0 Å². The summed E-state index contributed by atoms with van der Waals surface area (Å²) in [5.41, 5.74) is 0. The van der Waals surface area contributed by atoms with Crippen LogP contribution in [0, 0.1) is 0 Å². The Morgan fingerprint density at radius 3 is 2.11 bits per heavy atom. The zero-order chi connectivity index (χ0) is 15.4. The maximum Gasteiger partial charge on any atom is 0.328 e. The van der Waals surface area contributed by atoms with Gasteiger partial charge in [-0.15, -0.1) is 0 Å². The highest BCUT2D eigenvalue weighted by Gasteiger charge is 2.31. The van der Waals surface area contributed by atoms with Crippen LogP contribution in [0.2, 0.25) is 0 Å². The summed E-state index contributed by atoms with van der Waals surface area (Å²) in [7, 11) is -3.37. The molecule has 0 aliphatic heterocycles. The van der Waals surface area contributed by atoms with Crippen LogP contribution in [0.15, 0.2) is 0 Å². The summed E-state index contributed by atoms with van der Waals surface area (Å²) >= 11 is 0. The molecule has 0 radical (unpaired) electrons. The van der Waals surface area contributed by atoms with E-state index in [1.807, 2.05) is 5.32 Å². The lowest BCUT2D eigenvalue weighted by atomic mass is 10.2. The summed E-state index contributed by atoms with van der Waals surface area (Å²) in [5.74, 6) is -1.38. The van der Waals surface area contributed by atoms with Crippen molar-refractivity contribution in [1.82, 2.24) is 10.6 Å². The monoisotopic (exact) mass is 296 g/mol. The number of carboxylic acids is 1. The van der Waals surface area contributed by atoms with Crippen molar-refractivity contribution < 1.29 is 28.2 Å². The van der Waals surface area contributed by atoms with Crippen molar-refractivity contribution in [1.29, 1.82) is 0 Å². The summed E-state index contributed by atoms with van der Waals surface area (Å²) in [6.45, 7) is 3.92. The minimum Gasteiger partial charge on any atom is -0.480 e. The first-order valence-electron chi connectivity index (χ1n) is 5.53. The van der Waals surface area contributed by atoms with E-state index in [1.165, 1.54) is 20.8 Å². The normalized spacial score (nSPS) is 15.4. The molecule has 4 N–H and O–H groups in total. The molecule has 8 nitrogen and oxygen atoms in total. The van der Waals surface area contributed by atoms with Gasteiger partial charge in [0.05, 0.1) is 10.9 Å². The van der Waals surface area contributed by atoms with E-state index < -0.39 is 38.7 Å². The van der Waals surface area contributed by atoms with Crippen LogP contribution in [-0.4, -0.2) is 60.3 Å². The minimum atomic E-state index is -3.37. The number of aliphatic hydroxyl groups is 1. The average Bonchev–Trinajstić information content (AvgIpc) is 2.20. The van der Waals surface area contributed by atoms with Crippen molar-refractivity contribution in [3.05, 3.63) is 0 Å². The van der Waals surface area contributed by atoms with Crippen molar-refractivity contribution in [2.75, 3.05) is 12.8 Å². The molecule has 0 bridgehead atoms. The Hall–Kier alpha value is -1.35. The Morgan fingerprint density at radius 1 is 1.32 bits per heavy atom. The number of hydrogen-bond acceptors (Lipinski definition) is 5. The number of aliphatic hydroxyl groups excluding tert-OH is 1. The Bertz CT molecular complexity index is 443. The summed E-state index contributed by atoms with van der Waals surface area (Å²) < 4.78 is 21.6. The van der Waals surface area contributed by atoms with Crippen LogP contribution in [-0.2, 0) is 14.6 Å². The van der Waals surface area contributed by atoms with Crippen molar-refractivity contribution in [3.63, 3.8) is 0 Å². The van der Waals surface area contributed by atoms with Gasteiger partial charge in [-0.25, -0.2) is 18.0 Å². The third-order valence-electron chi connectivity index (χ3n) is 2.71. The Balaban J connectivity index is 4.54. The predicted molar refractivity (Wildman–Crippen MR) is 68.6 cm³/mol. The molecule has 0 aromatic rings. The van der Waals surface area contributed by atoms with Gasteiger partial charge in [-0.2, -0.15) is 0 Å². The number of amides is 2. The molecular weight excluding hydrogens is 276 g/mol. The maximum atomic E-state index is 11.4. The number of aliphatic carboxylic acids is 1. The molecule has 0 rings (SSSR count).